The summed E-state index contributed by atoms with van der Waals surface area (Å²) in [6, 6.07) is 8.60. The van der Waals surface area contributed by atoms with Crippen molar-refractivity contribution >= 4 is 5.78 Å². The number of likely N-dealkylation sites (tertiary alicyclic amines) is 1. The fraction of sp³-hybridized carbons (Fsp3) is 0.533. The predicted molar refractivity (Wildman–Crippen MR) is 69.9 cm³/mol. The minimum atomic E-state index is 0.142. The van der Waals surface area contributed by atoms with E-state index in [0.29, 0.717) is 5.78 Å². The predicted octanol–water partition coefficient (Wildman–Crippen LogP) is 2.94. The van der Waals surface area contributed by atoms with Gasteiger partial charge in [-0.3, -0.25) is 9.69 Å². The maximum absolute atomic E-state index is 11.6. The fourth-order valence-electron chi connectivity index (χ4n) is 2.65. The number of benzene rings is 1. The highest BCUT2D eigenvalue weighted by atomic mass is 16.1. The molecule has 1 aromatic carbocycles. The van der Waals surface area contributed by atoms with Gasteiger partial charge in [0, 0.05) is 6.54 Å². The van der Waals surface area contributed by atoms with Crippen LogP contribution in [-0.2, 0) is 11.3 Å². The first-order valence-corrected chi connectivity index (χ1v) is 6.47. The number of nitrogens with zero attached hydrogens (tertiary/aromatic N) is 1. The second-order valence-electron chi connectivity index (χ2n) is 5.02. The van der Waals surface area contributed by atoms with Crippen LogP contribution in [0.1, 0.15) is 37.3 Å². The van der Waals surface area contributed by atoms with E-state index in [9.17, 15) is 4.79 Å². The van der Waals surface area contributed by atoms with Crippen molar-refractivity contribution in [2.24, 2.45) is 0 Å². The highest BCUT2D eigenvalue weighted by molar-refractivity contribution is 5.81. The van der Waals surface area contributed by atoms with Crippen LogP contribution in [0.15, 0.2) is 24.3 Å². The molecule has 0 saturated carbocycles. The Balaban J connectivity index is 2.11. The minimum absolute atomic E-state index is 0.142. The lowest BCUT2D eigenvalue weighted by Crippen LogP contribution is -2.43. The number of rotatable bonds is 3. The van der Waals surface area contributed by atoms with E-state index in [0.717, 1.165) is 19.5 Å². The molecule has 1 fully saturated rings. The molecule has 1 aliphatic heterocycles. The molecule has 0 radical (unpaired) electrons. The van der Waals surface area contributed by atoms with Crippen LogP contribution in [0.25, 0.3) is 0 Å². The summed E-state index contributed by atoms with van der Waals surface area (Å²) in [4.78, 5) is 14.0. The molecule has 17 heavy (non-hydrogen) atoms. The van der Waals surface area contributed by atoms with Gasteiger partial charge in [0.25, 0.3) is 0 Å². The van der Waals surface area contributed by atoms with E-state index in [-0.39, 0.29) is 6.04 Å². The van der Waals surface area contributed by atoms with Gasteiger partial charge in [-0.2, -0.15) is 0 Å². The van der Waals surface area contributed by atoms with Crippen molar-refractivity contribution in [3.05, 3.63) is 35.4 Å². The molecule has 1 aliphatic rings. The van der Waals surface area contributed by atoms with Gasteiger partial charge in [-0.1, -0.05) is 30.7 Å². The normalized spacial score (nSPS) is 21.4. The quantitative estimate of drug-likeness (QED) is 0.797. The molecule has 0 aliphatic carbocycles. The van der Waals surface area contributed by atoms with Crippen molar-refractivity contribution < 1.29 is 4.79 Å². The van der Waals surface area contributed by atoms with Crippen molar-refractivity contribution in [1.82, 2.24) is 4.90 Å². The Morgan fingerprint density at radius 1 is 1.35 bits per heavy atom. The van der Waals surface area contributed by atoms with Crippen molar-refractivity contribution in [2.45, 2.75) is 45.7 Å². The second kappa shape index (κ2) is 5.46. The molecule has 0 aromatic heterocycles. The van der Waals surface area contributed by atoms with Crippen molar-refractivity contribution in [2.75, 3.05) is 6.54 Å². The van der Waals surface area contributed by atoms with Crippen LogP contribution in [0, 0.1) is 6.92 Å². The van der Waals surface area contributed by atoms with Crippen LogP contribution in [0.4, 0.5) is 0 Å². The Hall–Kier alpha value is -1.15. The summed E-state index contributed by atoms with van der Waals surface area (Å²) < 4.78 is 0. The number of carbonyl (C=O) groups excluding carboxylic acids is 1. The molecule has 2 rings (SSSR count). The molecule has 2 nitrogen and oxygen atoms in total. The Morgan fingerprint density at radius 2 is 2.12 bits per heavy atom. The van der Waals surface area contributed by atoms with E-state index in [1.54, 1.807) is 6.92 Å². The summed E-state index contributed by atoms with van der Waals surface area (Å²) in [7, 11) is 0. The van der Waals surface area contributed by atoms with E-state index in [1.807, 2.05) is 0 Å². The number of ketones is 1. The van der Waals surface area contributed by atoms with Crippen LogP contribution in [0.2, 0.25) is 0 Å². The average molecular weight is 231 g/mol. The van der Waals surface area contributed by atoms with Crippen LogP contribution in [0.5, 0.6) is 0 Å². The summed E-state index contributed by atoms with van der Waals surface area (Å²) in [6.07, 6.45) is 3.44. The van der Waals surface area contributed by atoms with E-state index < -0.39 is 0 Å². The number of piperidine rings is 1. The van der Waals surface area contributed by atoms with Gasteiger partial charge in [-0.25, -0.2) is 0 Å². The van der Waals surface area contributed by atoms with E-state index in [2.05, 4.69) is 36.1 Å². The zero-order chi connectivity index (χ0) is 12.3. The molecule has 0 bridgehead atoms. The van der Waals surface area contributed by atoms with Crippen LogP contribution >= 0.6 is 0 Å². The molecule has 0 amide bonds. The second-order valence-corrected chi connectivity index (χ2v) is 5.02. The third-order valence-corrected chi connectivity index (χ3v) is 3.72. The molecule has 1 saturated heterocycles. The maximum Gasteiger partial charge on any atom is 0.146 e. The smallest absolute Gasteiger partial charge is 0.146 e. The topological polar surface area (TPSA) is 20.3 Å². The Bertz CT molecular complexity index is 400. The molecule has 1 unspecified atom stereocenters. The molecule has 1 atom stereocenters. The fourth-order valence-corrected chi connectivity index (χ4v) is 2.65. The minimum Gasteiger partial charge on any atom is -0.298 e. The molecule has 0 spiro atoms. The highest BCUT2D eigenvalue weighted by Gasteiger charge is 2.25. The van der Waals surface area contributed by atoms with Crippen molar-refractivity contribution in [1.29, 1.82) is 0 Å². The van der Waals surface area contributed by atoms with Gasteiger partial charge < -0.3 is 0 Å². The summed E-state index contributed by atoms with van der Waals surface area (Å²) in [5.41, 5.74) is 2.67. The van der Waals surface area contributed by atoms with Crippen LogP contribution in [-0.4, -0.2) is 23.3 Å². The number of carbonyl (C=O) groups is 1. The van der Waals surface area contributed by atoms with Crippen molar-refractivity contribution in [3.63, 3.8) is 0 Å². The largest absolute Gasteiger partial charge is 0.298 e. The van der Waals surface area contributed by atoms with Gasteiger partial charge in [0.05, 0.1) is 6.04 Å². The Morgan fingerprint density at radius 3 is 2.82 bits per heavy atom. The molecule has 2 heteroatoms. The molecular weight excluding hydrogens is 210 g/mol. The number of hydrogen-bond acceptors (Lipinski definition) is 2. The first-order valence-electron chi connectivity index (χ1n) is 6.47. The lowest BCUT2D eigenvalue weighted by molar-refractivity contribution is -0.123. The van der Waals surface area contributed by atoms with Crippen LogP contribution in [0.3, 0.4) is 0 Å². The summed E-state index contributed by atoms with van der Waals surface area (Å²) in [5, 5.41) is 0. The third-order valence-electron chi connectivity index (χ3n) is 3.72. The SMILES string of the molecule is CC(=O)C1CCCCN1Cc1ccccc1C. The van der Waals surface area contributed by atoms with Gasteiger partial charge in [-0.15, -0.1) is 0 Å². The molecule has 92 valence electrons. The zero-order valence-corrected chi connectivity index (χ0v) is 10.8. The monoisotopic (exact) mass is 231 g/mol. The van der Waals surface area contributed by atoms with Gasteiger partial charge in [0.2, 0.25) is 0 Å². The Labute approximate surface area is 104 Å². The van der Waals surface area contributed by atoms with Gasteiger partial charge in [-0.05, 0) is 44.4 Å². The van der Waals surface area contributed by atoms with E-state index in [1.165, 1.54) is 24.0 Å². The molecular formula is C15H21NO. The summed E-state index contributed by atoms with van der Waals surface area (Å²) in [6.45, 7) is 5.83. The third kappa shape index (κ3) is 2.95. The standard InChI is InChI=1S/C15H21NO/c1-12-7-3-4-8-14(12)11-16-10-6-5-9-15(16)13(2)17/h3-4,7-8,15H,5-6,9-11H2,1-2H3. The molecule has 1 heterocycles. The van der Waals surface area contributed by atoms with Crippen molar-refractivity contribution in [3.8, 4) is 0 Å². The molecule has 1 aromatic rings. The number of aryl methyl sites for hydroxylation is 1. The Kier molecular flexibility index (Phi) is 3.95. The van der Waals surface area contributed by atoms with Gasteiger partial charge in [0.1, 0.15) is 5.78 Å². The first kappa shape index (κ1) is 12.3. The summed E-state index contributed by atoms with van der Waals surface area (Å²) in [5.74, 6) is 0.318. The van der Waals surface area contributed by atoms with Gasteiger partial charge in [0.15, 0.2) is 0 Å². The highest BCUT2D eigenvalue weighted by Crippen LogP contribution is 2.21. The lowest BCUT2D eigenvalue weighted by atomic mass is 9.97. The molecule has 0 N–H and O–H groups in total. The number of Topliss-reactive ketones (excluding diaryl/α,β-unsaturated/α-hetero) is 1. The van der Waals surface area contributed by atoms with E-state index >= 15 is 0 Å². The maximum atomic E-state index is 11.6. The summed E-state index contributed by atoms with van der Waals surface area (Å²) >= 11 is 0. The number of hydrogen-bond donors (Lipinski definition) is 0. The average Bonchev–Trinajstić information content (AvgIpc) is 2.32. The van der Waals surface area contributed by atoms with E-state index in [4.69, 9.17) is 0 Å². The first-order chi connectivity index (χ1) is 8.18. The van der Waals surface area contributed by atoms with Gasteiger partial charge >= 0.3 is 0 Å². The lowest BCUT2D eigenvalue weighted by Gasteiger charge is -2.34. The zero-order valence-electron chi connectivity index (χ0n) is 10.8. The van der Waals surface area contributed by atoms with Crippen LogP contribution < -0.4 is 0 Å².